The van der Waals surface area contributed by atoms with Crippen LogP contribution < -0.4 is 11.0 Å². The Kier molecular flexibility index (Phi) is 4.20. The molecule has 1 amide bonds. The highest BCUT2D eigenvalue weighted by atomic mass is 32.2. The highest BCUT2D eigenvalue weighted by Crippen LogP contribution is 2.21. The van der Waals surface area contributed by atoms with Gasteiger partial charge in [0.25, 0.3) is 0 Å². The molecule has 1 aromatic carbocycles. The monoisotopic (exact) mass is 332 g/mol. The lowest BCUT2D eigenvalue weighted by molar-refractivity contribution is -0.115. The molecule has 0 bridgehead atoms. The first-order chi connectivity index (χ1) is 11.0. The average molecular weight is 332 g/mol. The Morgan fingerprint density at radius 1 is 1.35 bits per heavy atom. The van der Waals surface area contributed by atoms with E-state index in [4.69, 9.17) is 0 Å². The summed E-state index contributed by atoms with van der Waals surface area (Å²) in [7, 11) is 0. The number of nitrogens with zero attached hydrogens (tertiary/aromatic N) is 2. The molecule has 0 fully saturated rings. The first-order valence-corrected chi connectivity index (χ1v) is 8.04. The standard InChI is InChI=1S/C14H16N6O2S/c1-3-11-18-14(20-19-11)23-7(2)12(21)15-8-4-5-9-10(6-8)17-13(22)16-9/h4-7H,3H2,1-2H3,(H,15,21)(H2,16,17,22)(H,18,19,20). The average Bonchev–Trinajstić information content (AvgIpc) is 3.11. The van der Waals surface area contributed by atoms with Crippen LogP contribution in [-0.4, -0.2) is 36.3 Å². The largest absolute Gasteiger partial charge is 0.325 e. The Bertz CT molecular complexity index is 896. The number of benzene rings is 1. The molecule has 0 spiro atoms. The predicted molar refractivity (Wildman–Crippen MR) is 88.6 cm³/mol. The Hall–Kier alpha value is -2.55. The number of carbonyl (C=O) groups excluding carboxylic acids is 1. The van der Waals surface area contributed by atoms with Crippen molar-refractivity contribution < 1.29 is 4.79 Å². The van der Waals surface area contributed by atoms with E-state index in [0.29, 0.717) is 21.9 Å². The van der Waals surface area contributed by atoms with E-state index in [9.17, 15) is 9.59 Å². The van der Waals surface area contributed by atoms with Gasteiger partial charge >= 0.3 is 5.69 Å². The molecule has 0 saturated carbocycles. The summed E-state index contributed by atoms with van der Waals surface area (Å²) in [4.78, 5) is 33.1. The Balaban J connectivity index is 1.67. The minimum absolute atomic E-state index is 0.157. The smallest absolute Gasteiger partial charge is 0.323 e. The van der Waals surface area contributed by atoms with Crippen LogP contribution in [0.4, 0.5) is 5.69 Å². The van der Waals surface area contributed by atoms with Gasteiger partial charge in [0, 0.05) is 12.1 Å². The van der Waals surface area contributed by atoms with Gasteiger partial charge in [0.2, 0.25) is 11.1 Å². The highest BCUT2D eigenvalue weighted by Gasteiger charge is 2.17. The number of aromatic amines is 3. The fraction of sp³-hybridized carbons (Fsp3) is 0.286. The van der Waals surface area contributed by atoms with Gasteiger partial charge in [-0.15, -0.1) is 5.10 Å². The number of aromatic nitrogens is 5. The number of hydrogen-bond acceptors (Lipinski definition) is 5. The van der Waals surface area contributed by atoms with Gasteiger partial charge in [-0.05, 0) is 25.1 Å². The van der Waals surface area contributed by atoms with Crippen molar-refractivity contribution in [2.45, 2.75) is 30.7 Å². The number of imidazole rings is 1. The number of rotatable bonds is 5. The lowest BCUT2D eigenvalue weighted by atomic mass is 10.2. The van der Waals surface area contributed by atoms with Crippen LogP contribution in [0.25, 0.3) is 11.0 Å². The molecular formula is C14H16N6O2S. The molecule has 0 aliphatic heterocycles. The summed E-state index contributed by atoms with van der Waals surface area (Å²) in [5, 5.41) is 9.91. The van der Waals surface area contributed by atoms with Crippen LogP contribution in [0.5, 0.6) is 0 Å². The fourth-order valence-electron chi connectivity index (χ4n) is 2.05. The van der Waals surface area contributed by atoms with Crippen LogP contribution in [0, 0.1) is 0 Å². The van der Waals surface area contributed by atoms with Crippen molar-refractivity contribution in [2.24, 2.45) is 0 Å². The van der Waals surface area contributed by atoms with E-state index in [0.717, 1.165) is 12.2 Å². The van der Waals surface area contributed by atoms with Crippen molar-refractivity contribution in [1.82, 2.24) is 25.1 Å². The van der Waals surface area contributed by atoms with Crippen LogP contribution >= 0.6 is 11.8 Å². The van der Waals surface area contributed by atoms with Crippen LogP contribution in [-0.2, 0) is 11.2 Å². The minimum Gasteiger partial charge on any atom is -0.325 e. The van der Waals surface area contributed by atoms with E-state index in [1.54, 1.807) is 25.1 Å². The van der Waals surface area contributed by atoms with Gasteiger partial charge in [-0.25, -0.2) is 9.78 Å². The highest BCUT2D eigenvalue weighted by molar-refractivity contribution is 8.00. The van der Waals surface area contributed by atoms with Crippen molar-refractivity contribution >= 4 is 34.4 Å². The van der Waals surface area contributed by atoms with Gasteiger partial charge in [-0.2, -0.15) is 0 Å². The van der Waals surface area contributed by atoms with Crippen molar-refractivity contribution in [2.75, 3.05) is 5.32 Å². The second kappa shape index (κ2) is 6.29. The van der Waals surface area contributed by atoms with E-state index >= 15 is 0 Å². The van der Waals surface area contributed by atoms with Crippen LogP contribution in [0.1, 0.15) is 19.7 Å². The van der Waals surface area contributed by atoms with Gasteiger partial charge in [0.05, 0.1) is 16.3 Å². The second-order valence-corrected chi connectivity index (χ2v) is 6.32. The van der Waals surface area contributed by atoms with Crippen LogP contribution in [0.2, 0.25) is 0 Å². The minimum atomic E-state index is -0.350. The molecule has 1 atom stereocenters. The number of carbonyl (C=O) groups is 1. The third-order valence-electron chi connectivity index (χ3n) is 3.28. The topological polar surface area (TPSA) is 119 Å². The molecule has 9 heteroatoms. The molecule has 4 N–H and O–H groups in total. The molecule has 120 valence electrons. The van der Waals surface area contributed by atoms with Crippen molar-refractivity contribution in [3.8, 4) is 0 Å². The van der Waals surface area contributed by atoms with E-state index in [-0.39, 0.29) is 16.8 Å². The lowest BCUT2D eigenvalue weighted by Gasteiger charge is -2.10. The van der Waals surface area contributed by atoms with Gasteiger partial charge in [0.15, 0.2) is 0 Å². The summed E-state index contributed by atoms with van der Waals surface area (Å²) in [6.45, 7) is 3.77. The van der Waals surface area contributed by atoms with Gasteiger partial charge in [-0.3, -0.25) is 9.89 Å². The zero-order chi connectivity index (χ0) is 16.4. The number of H-pyrrole nitrogens is 3. The van der Waals surface area contributed by atoms with Gasteiger partial charge < -0.3 is 15.3 Å². The maximum absolute atomic E-state index is 12.3. The van der Waals surface area contributed by atoms with Crippen LogP contribution in [0.15, 0.2) is 28.2 Å². The summed E-state index contributed by atoms with van der Waals surface area (Å²) in [6.07, 6.45) is 0.767. The van der Waals surface area contributed by atoms with E-state index in [1.807, 2.05) is 6.92 Å². The van der Waals surface area contributed by atoms with E-state index in [2.05, 4.69) is 30.5 Å². The van der Waals surface area contributed by atoms with Crippen LogP contribution in [0.3, 0.4) is 0 Å². The number of hydrogen-bond donors (Lipinski definition) is 4. The summed E-state index contributed by atoms with van der Waals surface area (Å²) >= 11 is 1.29. The lowest BCUT2D eigenvalue weighted by Crippen LogP contribution is -2.22. The second-order valence-electron chi connectivity index (χ2n) is 5.01. The third kappa shape index (κ3) is 3.45. The number of thioether (sulfide) groups is 1. The number of nitrogens with one attached hydrogen (secondary N) is 4. The maximum Gasteiger partial charge on any atom is 0.323 e. The molecule has 23 heavy (non-hydrogen) atoms. The van der Waals surface area contributed by atoms with Crippen molar-refractivity contribution in [3.63, 3.8) is 0 Å². The Morgan fingerprint density at radius 3 is 2.87 bits per heavy atom. The van der Waals surface area contributed by atoms with E-state index in [1.165, 1.54) is 11.8 Å². The molecule has 3 aromatic rings. The Morgan fingerprint density at radius 2 is 2.13 bits per heavy atom. The van der Waals surface area contributed by atoms with E-state index < -0.39 is 0 Å². The molecule has 0 radical (unpaired) electrons. The molecule has 3 rings (SSSR count). The number of fused-ring (bicyclic) bond motifs is 1. The molecule has 0 saturated heterocycles. The number of anilines is 1. The first kappa shape index (κ1) is 15.3. The number of amides is 1. The molecule has 1 unspecified atom stereocenters. The van der Waals surface area contributed by atoms with Crippen molar-refractivity contribution in [1.29, 1.82) is 0 Å². The zero-order valence-corrected chi connectivity index (χ0v) is 13.5. The number of aryl methyl sites for hydroxylation is 1. The van der Waals surface area contributed by atoms with Crippen molar-refractivity contribution in [3.05, 3.63) is 34.5 Å². The van der Waals surface area contributed by atoms with Gasteiger partial charge in [-0.1, -0.05) is 18.7 Å². The fourth-order valence-corrected chi connectivity index (χ4v) is 2.80. The summed E-state index contributed by atoms with van der Waals surface area (Å²) in [5.74, 6) is 0.636. The Labute approximate surface area is 135 Å². The summed E-state index contributed by atoms with van der Waals surface area (Å²) in [6, 6.07) is 5.19. The molecular weight excluding hydrogens is 316 g/mol. The zero-order valence-electron chi connectivity index (χ0n) is 12.6. The third-order valence-corrected chi connectivity index (χ3v) is 4.24. The molecule has 2 aromatic heterocycles. The summed E-state index contributed by atoms with van der Waals surface area (Å²) in [5.41, 5.74) is 1.69. The van der Waals surface area contributed by atoms with Gasteiger partial charge in [0.1, 0.15) is 5.82 Å². The molecule has 0 aliphatic rings. The molecule has 2 heterocycles. The first-order valence-electron chi connectivity index (χ1n) is 7.16. The SMILES string of the molecule is CCc1nc(SC(C)C(=O)Nc2ccc3[nH]c(=O)[nH]c3c2)n[nH]1. The quantitative estimate of drug-likeness (QED) is 0.530. The normalized spacial score (nSPS) is 12.4. The summed E-state index contributed by atoms with van der Waals surface area (Å²) < 4.78 is 0. The maximum atomic E-state index is 12.3. The molecule has 8 nitrogen and oxygen atoms in total. The predicted octanol–water partition coefficient (Wildman–Crippen LogP) is 1.66. The molecule has 0 aliphatic carbocycles.